The molecule has 2 bridgehead atoms. The fourth-order valence-corrected chi connectivity index (χ4v) is 8.90. The highest BCUT2D eigenvalue weighted by atomic mass is 32.2. The quantitative estimate of drug-likeness (QED) is 0.0541. The van der Waals surface area contributed by atoms with Gasteiger partial charge in [-0.2, -0.15) is 0 Å². The summed E-state index contributed by atoms with van der Waals surface area (Å²) in [5, 5.41) is 26.6. The van der Waals surface area contributed by atoms with Crippen molar-refractivity contribution in [2.45, 2.75) is 50.9 Å². The van der Waals surface area contributed by atoms with E-state index in [1.807, 2.05) is 6.92 Å². The van der Waals surface area contributed by atoms with E-state index in [1.165, 1.54) is 35.5 Å². The molecule has 264 valence electrons. The number of amides is 3. The van der Waals surface area contributed by atoms with E-state index < -0.39 is 40.6 Å². The van der Waals surface area contributed by atoms with Gasteiger partial charge in [-0.15, -0.1) is 11.8 Å². The third-order valence-corrected chi connectivity index (χ3v) is 12.1. The largest absolute Gasteiger partial charge is 0.504 e. The van der Waals surface area contributed by atoms with Crippen molar-refractivity contribution in [3.63, 3.8) is 0 Å². The Morgan fingerprint density at radius 2 is 1.92 bits per heavy atom. The number of benzene rings is 1. The fraction of sp³-hybridized carbons (Fsp3) is 0.471. The van der Waals surface area contributed by atoms with Crippen LogP contribution in [0.2, 0.25) is 0 Å². The molecular formula is C34H43FN5O7S2+. The summed E-state index contributed by atoms with van der Waals surface area (Å²) in [7, 11) is 1.29. The number of nitrogens with zero attached hydrogens (tertiary/aromatic N) is 2. The van der Waals surface area contributed by atoms with Gasteiger partial charge in [0.1, 0.15) is 23.7 Å². The molecule has 4 fully saturated rings. The number of carbonyl (C=O) groups is 4. The minimum atomic E-state index is -1.16. The van der Waals surface area contributed by atoms with Crippen LogP contribution >= 0.6 is 23.5 Å². The molecule has 2 atom stereocenters. The Hall–Kier alpha value is -3.95. The summed E-state index contributed by atoms with van der Waals surface area (Å²) < 4.78 is 20.3. The van der Waals surface area contributed by atoms with E-state index in [0.717, 1.165) is 61.1 Å². The molecule has 1 aromatic rings. The number of ether oxygens (including phenoxy) is 1. The number of fused-ring (bicyclic) bond motifs is 4. The highest BCUT2D eigenvalue weighted by Gasteiger charge is 2.56. The number of β-lactam (4-membered cyclic amide) rings is 1. The maximum absolute atomic E-state index is 14.4. The van der Waals surface area contributed by atoms with Crippen LogP contribution in [0.15, 0.2) is 57.6 Å². The Kier molecular flexibility index (Phi) is 10.7. The van der Waals surface area contributed by atoms with Gasteiger partial charge in [0.15, 0.2) is 17.3 Å². The molecule has 5 heterocycles. The van der Waals surface area contributed by atoms with E-state index in [2.05, 4.69) is 17.2 Å². The zero-order chi connectivity index (χ0) is 35.7. The molecule has 5 aliphatic heterocycles. The third kappa shape index (κ3) is 7.19. The number of carbonyl (C=O) groups excluding carboxylic acids is 4. The normalized spacial score (nSPS) is 26.5. The van der Waals surface area contributed by atoms with Crippen LogP contribution in [-0.4, -0.2) is 100 Å². The Labute approximate surface area is 293 Å². The maximum Gasteiger partial charge on any atom is 0.355 e. The number of methoxy groups -OCH3 is 1. The average molecular weight is 717 g/mol. The third-order valence-electron chi connectivity index (χ3n) is 10.0. The van der Waals surface area contributed by atoms with Gasteiger partial charge in [0.25, 0.3) is 17.7 Å². The number of halogens is 1. The Bertz CT molecular complexity index is 1650. The summed E-state index contributed by atoms with van der Waals surface area (Å²) in [5.74, 6) is -4.23. The first-order valence-corrected chi connectivity index (χ1v) is 18.1. The lowest BCUT2D eigenvalue weighted by atomic mass is 9.70. The van der Waals surface area contributed by atoms with Gasteiger partial charge in [0.2, 0.25) is 0 Å². The minimum absolute atomic E-state index is 0.161. The molecule has 0 saturated carbocycles. The Morgan fingerprint density at radius 1 is 1.24 bits per heavy atom. The second-order valence-electron chi connectivity index (χ2n) is 13.1. The first kappa shape index (κ1) is 36.3. The number of rotatable bonds is 12. The Balaban J connectivity index is 1.24. The summed E-state index contributed by atoms with van der Waals surface area (Å²) in [6.07, 6.45) is 4.84. The second-order valence-corrected chi connectivity index (χ2v) is 15.2. The number of nitrogens with two attached hydrogens (primary N) is 1. The Morgan fingerprint density at radius 3 is 2.53 bits per heavy atom. The van der Waals surface area contributed by atoms with Crippen molar-refractivity contribution in [2.24, 2.45) is 11.1 Å². The monoisotopic (exact) mass is 716 g/mol. The number of hydrogen-bond acceptors (Lipinski definition) is 10. The van der Waals surface area contributed by atoms with Crippen LogP contribution in [0.4, 0.5) is 4.39 Å². The number of nitrogens with one attached hydrogen (secondary N) is 2. The van der Waals surface area contributed by atoms with E-state index in [-0.39, 0.29) is 28.5 Å². The number of aromatic hydroxyl groups is 2. The highest BCUT2D eigenvalue weighted by Crippen LogP contribution is 2.46. The molecule has 4 saturated heterocycles. The van der Waals surface area contributed by atoms with Gasteiger partial charge in [0.05, 0.1) is 37.3 Å². The SMILES string of the molecule is C=C(N)S/C=C(C)/C(=C\CC)C(=O)NC1C(=O)N2C(C(=O)OC)=C(C[N+]34CCC(CNC(=O)c5ccc(O)c(O)c5F)(CC3)CC4)CSC12. The molecule has 1 aromatic carbocycles. The number of hydrogen-bond donors (Lipinski definition) is 5. The first-order valence-electron chi connectivity index (χ1n) is 16.1. The zero-order valence-electron chi connectivity index (χ0n) is 27.8. The van der Waals surface area contributed by atoms with Crippen LogP contribution in [0, 0.1) is 11.2 Å². The lowest BCUT2D eigenvalue weighted by Gasteiger charge is -2.56. The standard InChI is InChI=1S/C34H42FN5O7S2/c1-5-6-22(19(2)16-48-20(3)36)30(44)38-26-31(45)39-27(33(46)47-4)21(17-49-32(26)39)15-40-12-9-34(10-13-40,11-14-40)18-37-29(43)23-7-8-24(41)28(42)25(23)35/h6-8,16,26,32H,3,5,9-15,17-18,36H2,1-2,4H3,(H3-,37,38,41,42,43,44)/p+1/b19-16+,22-6+. The zero-order valence-corrected chi connectivity index (χ0v) is 29.5. The predicted octanol–water partition coefficient (Wildman–Crippen LogP) is 3.20. The predicted molar refractivity (Wildman–Crippen MR) is 185 cm³/mol. The van der Waals surface area contributed by atoms with Crippen LogP contribution in [0.3, 0.4) is 0 Å². The number of quaternary nitrogens is 1. The van der Waals surface area contributed by atoms with Crippen molar-refractivity contribution >= 4 is 47.2 Å². The molecular weight excluding hydrogens is 674 g/mol. The van der Waals surface area contributed by atoms with Gasteiger partial charge in [-0.1, -0.05) is 31.3 Å². The molecule has 3 amide bonds. The fourth-order valence-electron chi connectivity index (χ4n) is 7.11. The van der Waals surface area contributed by atoms with E-state index in [1.54, 1.807) is 18.4 Å². The smallest absolute Gasteiger partial charge is 0.355 e. The number of thioether (sulfide) groups is 2. The molecule has 49 heavy (non-hydrogen) atoms. The van der Waals surface area contributed by atoms with E-state index in [9.17, 15) is 33.8 Å². The van der Waals surface area contributed by atoms with Gasteiger partial charge < -0.3 is 35.8 Å². The molecule has 12 nitrogen and oxygen atoms in total. The van der Waals surface area contributed by atoms with E-state index in [0.29, 0.717) is 41.4 Å². The molecule has 15 heteroatoms. The molecule has 0 aromatic heterocycles. The lowest BCUT2D eigenvalue weighted by Crippen LogP contribution is -2.71. The summed E-state index contributed by atoms with van der Waals surface area (Å²) in [5.41, 5.74) is 7.39. The van der Waals surface area contributed by atoms with Crippen molar-refractivity contribution in [3.8, 4) is 11.5 Å². The number of phenolic OH excluding ortho intramolecular Hbond substituents is 2. The van der Waals surface area contributed by atoms with Crippen molar-refractivity contribution in [1.29, 1.82) is 0 Å². The summed E-state index contributed by atoms with van der Waals surface area (Å²) in [6.45, 7) is 10.7. The van der Waals surface area contributed by atoms with Crippen LogP contribution in [0.25, 0.3) is 0 Å². The molecule has 6 N–H and O–H groups in total. The van der Waals surface area contributed by atoms with E-state index in [4.69, 9.17) is 10.5 Å². The molecule has 5 aliphatic rings. The number of phenols is 2. The minimum Gasteiger partial charge on any atom is -0.504 e. The van der Waals surface area contributed by atoms with Gasteiger partial charge in [0, 0.05) is 48.1 Å². The van der Waals surface area contributed by atoms with Crippen molar-refractivity contribution in [1.82, 2.24) is 15.5 Å². The number of allylic oxidation sites excluding steroid dienone is 1. The van der Waals surface area contributed by atoms with Gasteiger partial charge in [-0.05, 0) is 36.5 Å². The average Bonchev–Trinajstić information content (AvgIpc) is 3.10. The summed E-state index contributed by atoms with van der Waals surface area (Å²) >= 11 is 2.73. The number of esters is 1. The van der Waals surface area contributed by atoms with Crippen molar-refractivity contribution < 1.29 is 43.0 Å². The maximum atomic E-state index is 14.4. The lowest BCUT2D eigenvalue weighted by molar-refractivity contribution is -0.941. The molecule has 0 radical (unpaired) electrons. The van der Waals surface area contributed by atoms with Crippen molar-refractivity contribution in [2.75, 3.05) is 45.6 Å². The molecule has 0 spiro atoms. The van der Waals surface area contributed by atoms with Crippen LogP contribution in [-0.2, 0) is 19.1 Å². The molecule has 6 rings (SSSR count). The summed E-state index contributed by atoms with van der Waals surface area (Å²) in [6, 6.07) is 1.42. The second kappa shape index (κ2) is 14.5. The highest BCUT2D eigenvalue weighted by molar-refractivity contribution is 8.05. The number of piperidine rings is 3. The molecule has 2 unspecified atom stereocenters. The van der Waals surface area contributed by atoms with Crippen LogP contribution < -0.4 is 16.4 Å². The van der Waals surface area contributed by atoms with Gasteiger partial charge in [-0.25, -0.2) is 9.18 Å². The van der Waals surface area contributed by atoms with Gasteiger partial charge >= 0.3 is 5.97 Å². The van der Waals surface area contributed by atoms with Crippen molar-refractivity contribution in [3.05, 3.63) is 69.0 Å². The van der Waals surface area contributed by atoms with Crippen LogP contribution in [0.5, 0.6) is 11.5 Å². The molecule has 0 aliphatic carbocycles. The topological polar surface area (TPSA) is 171 Å². The van der Waals surface area contributed by atoms with E-state index >= 15 is 0 Å². The summed E-state index contributed by atoms with van der Waals surface area (Å²) in [4.78, 5) is 54.2. The first-order chi connectivity index (χ1) is 23.2. The van der Waals surface area contributed by atoms with Gasteiger partial charge in [-0.3, -0.25) is 19.3 Å². The van der Waals surface area contributed by atoms with Crippen LogP contribution in [0.1, 0.15) is 49.9 Å².